The number of benzene rings is 7. The number of rotatable bonds is 11. The van der Waals surface area contributed by atoms with E-state index in [-0.39, 0.29) is 0 Å². The van der Waals surface area contributed by atoms with E-state index in [9.17, 15) is 0 Å². The van der Waals surface area contributed by atoms with Crippen molar-refractivity contribution in [2.24, 2.45) is 0 Å². The Bertz CT molecular complexity index is 3400. The van der Waals surface area contributed by atoms with E-state index in [0.29, 0.717) is 11.5 Å². The number of nitrogens with zero attached hydrogens (tertiary/aromatic N) is 1. The highest BCUT2D eigenvalue weighted by atomic mass is 16.3. The molecule has 9 aromatic rings. The smallest absolute Gasteiger partial charge is 0.177 e. The van der Waals surface area contributed by atoms with Crippen molar-refractivity contribution in [3.63, 3.8) is 0 Å². The number of allylic oxidation sites excluding steroid dienone is 12. The normalized spacial score (nSPS) is 15.3. The summed E-state index contributed by atoms with van der Waals surface area (Å²) in [5.74, 6) is 0.489. The summed E-state index contributed by atoms with van der Waals surface area (Å²) in [6, 6.07) is 45.2. The summed E-state index contributed by atoms with van der Waals surface area (Å²) < 4.78 is 12.6. The van der Waals surface area contributed by atoms with Crippen molar-refractivity contribution in [3.05, 3.63) is 228 Å². The van der Waals surface area contributed by atoms with Crippen molar-refractivity contribution in [2.45, 2.75) is 26.7 Å². The first-order valence-corrected chi connectivity index (χ1v) is 21.6. The van der Waals surface area contributed by atoms with Gasteiger partial charge in [0.1, 0.15) is 22.5 Å². The van der Waals surface area contributed by atoms with Crippen LogP contribution in [0.25, 0.3) is 60.0 Å². The standard InChI is InChI=1S/C58H47N3O2/c1-4-16-41(17-5-2)56(59)58-57(48-23-11-12-26-51(48)63-58)60-38(3)18-9-10-19-39-29-34-50-43(36-39)31-30-40(20-15-35-61(50)44-21-7-6-8-22-44)42-32-33-45-46-24-13-27-52-54(46)55-47(49(45)37-42)25-14-28-53(55)62-52/h4-18,20-30,32-34,36-37,59-60H,1,19,31,35H2,2-3H3/b10-9-,17-5-,20-15-,38-18+,40-30+,41-16+,59-56?. The zero-order valence-electron chi connectivity index (χ0n) is 35.5. The van der Waals surface area contributed by atoms with Gasteiger partial charge in [0.05, 0.1) is 5.69 Å². The Morgan fingerprint density at radius 1 is 0.762 bits per heavy atom. The molecule has 306 valence electrons. The first kappa shape index (κ1) is 39.3. The van der Waals surface area contributed by atoms with Gasteiger partial charge in [-0.3, -0.25) is 5.41 Å². The summed E-state index contributed by atoms with van der Waals surface area (Å²) in [5, 5.41) is 20.9. The zero-order chi connectivity index (χ0) is 42.9. The Labute approximate surface area is 367 Å². The summed E-state index contributed by atoms with van der Waals surface area (Å²) in [6.45, 7) is 8.56. The largest absolute Gasteiger partial charge is 0.456 e. The molecule has 0 saturated heterocycles. The van der Waals surface area contributed by atoms with Crippen molar-refractivity contribution < 1.29 is 8.83 Å². The first-order chi connectivity index (χ1) is 31.0. The second-order valence-electron chi connectivity index (χ2n) is 16.0. The lowest BCUT2D eigenvalue weighted by Crippen LogP contribution is -2.18. The molecule has 0 aliphatic carbocycles. The minimum absolute atomic E-state index is 0.292. The molecule has 5 heteroatoms. The van der Waals surface area contributed by atoms with Gasteiger partial charge in [0.25, 0.3) is 0 Å². The summed E-state index contributed by atoms with van der Waals surface area (Å²) in [7, 11) is 0. The average Bonchev–Trinajstić information content (AvgIpc) is 3.91. The fraction of sp³-hybridized carbons (Fsp3) is 0.0862. The molecular weight excluding hydrogens is 771 g/mol. The lowest BCUT2D eigenvalue weighted by molar-refractivity contribution is 0.606. The second-order valence-corrected chi connectivity index (χ2v) is 16.0. The van der Waals surface area contributed by atoms with Crippen LogP contribution in [0.4, 0.5) is 17.1 Å². The molecule has 0 spiro atoms. The highest BCUT2D eigenvalue weighted by molar-refractivity contribution is 6.33. The van der Waals surface area contributed by atoms with Gasteiger partial charge >= 0.3 is 0 Å². The van der Waals surface area contributed by atoms with E-state index in [1.165, 1.54) is 60.3 Å². The number of furan rings is 2. The van der Waals surface area contributed by atoms with Gasteiger partial charge in [-0.05, 0) is 125 Å². The van der Waals surface area contributed by atoms with Crippen molar-refractivity contribution in [1.29, 1.82) is 5.41 Å². The highest BCUT2D eigenvalue weighted by Gasteiger charge is 2.21. The average molecular weight is 818 g/mol. The van der Waals surface area contributed by atoms with E-state index < -0.39 is 0 Å². The maximum absolute atomic E-state index is 9.03. The molecule has 1 aliphatic rings. The van der Waals surface area contributed by atoms with E-state index in [1.807, 2.05) is 56.3 Å². The molecule has 0 amide bonds. The van der Waals surface area contributed by atoms with Crippen LogP contribution in [0.3, 0.4) is 0 Å². The molecule has 1 aliphatic heterocycles. The van der Waals surface area contributed by atoms with E-state index in [4.69, 9.17) is 14.2 Å². The molecular formula is C58H47N3O2. The summed E-state index contributed by atoms with van der Waals surface area (Å²) in [5.41, 5.74) is 12.6. The van der Waals surface area contributed by atoms with Crippen LogP contribution in [-0.4, -0.2) is 12.3 Å². The number of hydrogen-bond donors (Lipinski definition) is 2. The van der Waals surface area contributed by atoms with Crippen LogP contribution in [0.5, 0.6) is 0 Å². The van der Waals surface area contributed by atoms with E-state index in [0.717, 1.165) is 64.2 Å². The van der Waals surface area contributed by atoms with Crippen LogP contribution in [0.1, 0.15) is 36.3 Å². The highest BCUT2D eigenvalue weighted by Crippen LogP contribution is 2.43. The van der Waals surface area contributed by atoms with Crippen LogP contribution in [0, 0.1) is 5.41 Å². The van der Waals surface area contributed by atoms with Gasteiger partial charge < -0.3 is 19.1 Å². The number of para-hydroxylation sites is 2. The molecule has 63 heavy (non-hydrogen) atoms. The molecule has 0 saturated carbocycles. The Morgan fingerprint density at radius 2 is 1.51 bits per heavy atom. The second kappa shape index (κ2) is 16.9. The third kappa shape index (κ3) is 7.38. The predicted octanol–water partition coefficient (Wildman–Crippen LogP) is 15.6. The van der Waals surface area contributed by atoms with Crippen LogP contribution < -0.4 is 10.2 Å². The monoisotopic (exact) mass is 817 g/mol. The fourth-order valence-electron chi connectivity index (χ4n) is 9.09. The Hall–Kier alpha value is -7.89. The molecule has 3 heterocycles. The van der Waals surface area contributed by atoms with Gasteiger partial charge in [0.15, 0.2) is 5.76 Å². The lowest BCUT2D eigenvalue weighted by Gasteiger charge is -2.26. The van der Waals surface area contributed by atoms with Crippen molar-refractivity contribution in [1.82, 2.24) is 0 Å². The summed E-state index contributed by atoms with van der Waals surface area (Å²) >= 11 is 0. The molecule has 0 bridgehead atoms. The molecule has 0 unspecified atom stereocenters. The van der Waals surface area contributed by atoms with Gasteiger partial charge in [-0.15, -0.1) is 0 Å². The van der Waals surface area contributed by atoms with Crippen molar-refractivity contribution in [3.8, 4) is 0 Å². The molecule has 10 rings (SSSR count). The van der Waals surface area contributed by atoms with Gasteiger partial charge in [0.2, 0.25) is 0 Å². The topological polar surface area (TPSA) is 65.4 Å². The lowest BCUT2D eigenvalue weighted by atomic mass is 9.91. The van der Waals surface area contributed by atoms with E-state index >= 15 is 0 Å². The SMILES string of the molecule is C=C/C=C(\C=C/C)C(=N)c1oc2ccccc2c1N/C(C)=C/C=C\Cc1ccc2c(c1)C/C=C(c1ccc3c(c1)c1cccc4oc5cccc3c5c41)\C=C/CN2c1ccccc1. The van der Waals surface area contributed by atoms with E-state index in [1.54, 1.807) is 6.08 Å². The van der Waals surface area contributed by atoms with Crippen molar-refractivity contribution in [2.75, 3.05) is 16.8 Å². The van der Waals surface area contributed by atoms with Gasteiger partial charge in [-0.1, -0.05) is 140 Å². The Balaban J connectivity index is 0.948. The van der Waals surface area contributed by atoms with Crippen LogP contribution in [-0.2, 0) is 12.8 Å². The molecule has 2 aromatic heterocycles. The number of nitrogens with one attached hydrogen (secondary N) is 2. The fourth-order valence-corrected chi connectivity index (χ4v) is 9.09. The van der Waals surface area contributed by atoms with Crippen molar-refractivity contribution >= 4 is 82.8 Å². The van der Waals surface area contributed by atoms with E-state index in [2.05, 4.69) is 156 Å². The van der Waals surface area contributed by atoms with Crippen LogP contribution in [0.2, 0.25) is 0 Å². The molecule has 7 aromatic carbocycles. The van der Waals surface area contributed by atoms with Crippen LogP contribution in [0.15, 0.2) is 215 Å². The minimum atomic E-state index is 0.292. The minimum Gasteiger partial charge on any atom is -0.456 e. The van der Waals surface area contributed by atoms with Gasteiger partial charge in [-0.2, -0.15) is 0 Å². The number of anilines is 3. The van der Waals surface area contributed by atoms with Gasteiger partial charge in [-0.25, -0.2) is 0 Å². The molecule has 0 fully saturated rings. The zero-order valence-corrected chi connectivity index (χ0v) is 35.5. The van der Waals surface area contributed by atoms with Gasteiger partial charge in [0, 0.05) is 45.3 Å². The number of hydrogen-bond acceptors (Lipinski definition) is 5. The summed E-state index contributed by atoms with van der Waals surface area (Å²) in [4.78, 5) is 2.41. The molecule has 0 radical (unpaired) electrons. The summed E-state index contributed by atoms with van der Waals surface area (Å²) in [6.07, 6.45) is 22.2. The third-order valence-corrected chi connectivity index (χ3v) is 12.0. The Kier molecular flexibility index (Phi) is 10.5. The molecule has 2 N–H and O–H groups in total. The quantitative estimate of drug-likeness (QED) is 0.0775. The maximum atomic E-state index is 9.03. The molecule has 0 atom stereocenters. The first-order valence-electron chi connectivity index (χ1n) is 21.6. The predicted molar refractivity (Wildman–Crippen MR) is 267 cm³/mol. The maximum Gasteiger partial charge on any atom is 0.177 e. The number of fused-ring (bicyclic) bond motifs is 5. The van der Waals surface area contributed by atoms with Crippen LogP contribution >= 0.6 is 0 Å². The Morgan fingerprint density at radius 3 is 2.30 bits per heavy atom. The third-order valence-electron chi connectivity index (χ3n) is 12.0. The molecule has 5 nitrogen and oxygen atoms in total.